The van der Waals surface area contributed by atoms with Crippen molar-refractivity contribution in [3.05, 3.63) is 24.0 Å². The summed E-state index contributed by atoms with van der Waals surface area (Å²) >= 11 is 0. The lowest BCUT2D eigenvalue weighted by atomic mass is 10.2. The second-order valence-electron chi connectivity index (χ2n) is 1.89. The van der Waals surface area contributed by atoms with Gasteiger partial charge in [-0.2, -0.15) is 8.42 Å². The van der Waals surface area contributed by atoms with Gasteiger partial charge in [0, 0.05) is 6.42 Å². The Morgan fingerprint density at radius 2 is 2.20 bits per heavy atom. The number of aliphatic hydroxyl groups excluding tert-OH is 1. The standard InChI is InChI=1S/C6H6O3S/c7-5-2-1-3-6(4-5)10(8)9/h1-3,7H,4H2. The van der Waals surface area contributed by atoms with E-state index in [1.54, 1.807) is 0 Å². The highest BCUT2D eigenvalue weighted by atomic mass is 32.2. The van der Waals surface area contributed by atoms with Gasteiger partial charge >= 0.3 is 0 Å². The minimum absolute atomic E-state index is 0.0849. The predicted molar refractivity (Wildman–Crippen MR) is 38.4 cm³/mol. The fourth-order valence-electron chi connectivity index (χ4n) is 0.677. The summed E-state index contributed by atoms with van der Waals surface area (Å²) in [6.45, 7) is 0. The summed E-state index contributed by atoms with van der Waals surface area (Å²) in [4.78, 5) is 0.222. The molecular weight excluding hydrogens is 152 g/mol. The monoisotopic (exact) mass is 158 g/mol. The van der Waals surface area contributed by atoms with Crippen LogP contribution in [0.4, 0.5) is 0 Å². The van der Waals surface area contributed by atoms with E-state index in [2.05, 4.69) is 0 Å². The molecule has 3 nitrogen and oxygen atoms in total. The highest BCUT2D eigenvalue weighted by Crippen LogP contribution is 2.04. The summed E-state index contributed by atoms with van der Waals surface area (Å²) in [5, 5.41) is 8.84. The average Bonchev–Trinajstić information content (AvgIpc) is 1.88. The van der Waals surface area contributed by atoms with Crippen molar-refractivity contribution in [2.45, 2.75) is 6.42 Å². The summed E-state index contributed by atoms with van der Waals surface area (Å²) in [6.07, 6.45) is 4.55. The molecule has 0 unspecified atom stereocenters. The Hall–Kier alpha value is -1.03. The van der Waals surface area contributed by atoms with Crippen molar-refractivity contribution in [2.24, 2.45) is 0 Å². The maximum Gasteiger partial charge on any atom is 0.217 e. The first-order chi connectivity index (χ1) is 4.70. The van der Waals surface area contributed by atoms with Crippen molar-refractivity contribution in [1.29, 1.82) is 0 Å². The van der Waals surface area contributed by atoms with E-state index in [0.29, 0.717) is 0 Å². The molecule has 0 spiro atoms. The highest BCUT2D eigenvalue weighted by Gasteiger charge is 2.03. The van der Waals surface area contributed by atoms with E-state index in [4.69, 9.17) is 5.11 Å². The van der Waals surface area contributed by atoms with Crippen molar-refractivity contribution < 1.29 is 13.5 Å². The van der Waals surface area contributed by atoms with Gasteiger partial charge < -0.3 is 5.11 Å². The maximum atomic E-state index is 10.3. The van der Waals surface area contributed by atoms with Gasteiger partial charge in [0.15, 0.2) is 0 Å². The van der Waals surface area contributed by atoms with Crippen LogP contribution in [0.1, 0.15) is 6.42 Å². The van der Waals surface area contributed by atoms with Gasteiger partial charge in [-0.25, -0.2) is 0 Å². The SMILES string of the molecule is O=S(=O)=C1C=CC=C(O)C1. The minimum atomic E-state index is -2.19. The fraction of sp³-hybridized carbons (Fsp3) is 0.167. The van der Waals surface area contributed by atoms with Crippen LogP contribution in [0.15, 0.2) is 24.0 Å². The quantitative estimate of drug-likeness (QED) is 0.520. The summed E-state index contributed by atoms with van der Waals surface area (Å²) in [5.41, 5.74) is 0. The van der Waals surface area contributed by atoms with Crippen LogP contribution in [0.2, 0.25) is 0 Å². The zero-order valence-electron chi connectivity index (χ0n) is 5.11. The zero-order valence-corrected chi connectivity index (χ0v) is 5.93. The first-order valence-electron chi connectivity index (χ1n) is 2.71. The van der Waals surface area contributed by atoms with Gasteiger partial charge in [-0.1, -0.05) is 6.08 Å². The molecule has 1 rings (SSSR count). The number of allylic oxidation sites excluding steroid dienone is 4. The number of hydrogen-bond donors (Lipinski definition) is 1. The van der Waals surface area contributed by atoms with Crippen molar-refractivity contribution >= 4 is 15.2 Å². The van der Waals surface area contributed by atoms with Crippen molar-refractivity contribution in [1.82, 2.24) is 0 Å². The van der Waals surface area contributed by atoms with Gasteiger partial charge in [-0.05, 0) is 12.2 Å². The molecular formula is C6H6O3S. The van der Waals surface area contributed by atoms with Crippen LogP contribution in [0.5, 0.6) is 0 Å². The summed E-state index contributed by atoms with van der Waals surface area (Å²) < 4.78 is 20.5. The second kappa shape index (κ2) is 2.70. The lowest BCUT2D eigenvalue weighted by Crippen LogP contribution is -2.00. The van der Waals surface area contributed by atoms with Crippen LogP contribution in [0.3, 0.4) is 0 Å². The van der Waals surface area contributed by atoms with Crippen molar-refractivity contribution in [2.75, 3.05) is 0 Å². The molecule has 54 valence electrons. The van der Waals surface area contributed by atoms with Gasteiger partial charge in [0.1, 0.15) is 0 Å². The molecule has 10 heavy (non-hydrogen) atoms. The number of rotatable bonds is 0. The molecule has 0 aromatic carbocycles. The van der Waals surface area contributed by atoms with Gasteiger partial charge in [-0.15, -0.1) is 0 Å². The topological polar surface area (TPSA) is 54.4 Å². The summed E-state index contributed by atoms with van der Waals surface area (Å²) in [7, 11) is -2.19. The molecule has 0 saturated heterocycles. The normalized spacial score (nSPS) is 16.8. The smallest absolute Gasteiger partial charge is 0.217 e. The van der Waals surface area contributed by atoms with E-state index in [0.717, 1.165) is 0 Å². The Labute approximate surface area is 59.8 Å². The molecule has 0 atom stereocenters. The van der Waals surface area contributed by atoms with E-state index in [-0.39, 0.29) is 17.0 Å². The molecule has 0 heterocycles. The van der Waals surface area contributed by atoms with Gasteiger partial charge in [0.2, 0.25) is 10.3 Å². The molecule has 0 aliphatic heterocycles. The van der Waals surface area contributed by atoms with Crippen molar-refractivity contribution in [3.8, 4) is 0 Å². The number of aliphatic hydroxyl groups is 1. The van der Waals surface area contributed by atoms with E-state index < -0.39 is 10.3 Å². The van der Waals surface area contributed by atoms with E-state index in [9.17, 15) is 8.42 Å². The Bertz CT molecular complexity index is 311. The van der Waals surface area contributed by atoms with Crippen LogP contribution in [0.25, 0.3) is 0 Å². The predicted octanol–water partition coefficient (Wildman–Crippen LogP) is 0.440. The second-order valence-corrected chi connectivity index (χ2v) is 2.89. The summed E-state index contributed by atoms with van der Waals surface area (Å²) in [6, 6.07) is 0. The zero-order chi connectivity index (χ0) is 7.56. The molecule has 1 aliphatic rings. The molecule has 0 radical (unpaired) electrons. The molecule has 1 N–H and O–H groups in total. The first kappa shape index (κ1) is 7.08. The average molecular weight is 158 g/mol. The molecule has 1 aliphatic carbocycles. The Kier molecular flexibility index (Phi) is 1.91. The summed E-state index contributed by atoms with van der Waals surface area (Å²) in [5.74, 6) is 0.0849. The Morgan fingerprint density at radius 1 is 1.50 bits per heavy atom. The lowest BCUT2D eigenvalue weighted by Gasteiger charge is -1.99. The third kappa shape index (κ3) is 1.48. The van der Waals surface area contributed by atoms with Gasteiger partial charge in [-0.3, -0.25) is 0 Å². The van der Waals surface area contributed by atoms with Gasteiger partial charge in [0.25, 0.3) is 0 Å². The maximum absolute atomic E-state index is 10.3. The van der Waals surface area contributed by atoms with E-state index in [1.165, 1.54) is 18.2 Å². The molecule has 0 aromatic heterocycles. The lowest BCUT2D eigenvalue weighted by molar-refractivity contribution is 0.405. The van der Waals surface area contributed by atoms with Gasteiger partial charge in [0.05, 0.1) is 10.6 Å². The first-order valence-corrected chi connectivity index (χ1v) is 3.79. The molecule has 0 amide bonds. The third-order valence-corrected chi connectivity index (χ3v) is 1.85. The van der Waals surface area contributed by atoms with Crippen LogP contribution in [-0.2, 0) is 10.3 Å². The fourth-order valence-corrected chi connectivity index (χ4v) is 1.13. The highest BCUT2D eigenvalue weighted by molar-refractivity contribution is 7.73. The molecule has 0 aromatic rings. The largest absolute Gasteiger partial charge is 0.512 e. The van der Waals surface area contributed by atoms with E-state index in [1.807, 2.05) is 0 Å². The molecule has 0 fully saturated rings. The van der Waals surface area contributed by atoms with Crippen LogP contribution < -0.4 is 0 Å². The van der Waals surface area contributed by atoms with Crippen LogP contribution in [-0.4, -0.2) is 18.4 Å². The van der Waals surface area contributed by atoms with E-state index >= 15 is 0 Å². The van der Waals surface area contributed by atoms with Crippen LogP contribution >= 0.6 is 0 Å². The third-order valence-electron chi connectivity index (χ3n) is 1.14. The molecule has 4 heteroatoms. The van der Waals surface area contributed by atoms with Crippen molar-refractivity contribution in [3.63, 3.8) is 0 Å². The Morgan fingerprint density at radius 3 is 2.60 bits per heavy atom. The number of hydrogen-bond acceptors (Lipinski definition) is 3. The Balaban J connectivity index is 3.06. The molecule has 0 bridgehead atoms. The minimum Gasteiger partial charge on any atom is -0.512 e. The molecule has 0 saturated carbocycles. The van der Waals surface area contributed by atoms with Crippen LogP contribution in [0, 0.1) is 0 Å².